The van der Waals surface area contributed by atoms with Crippen molar-refractivity contribution in [2.24, 2.45) is 5.73 Å². The third-order valence-corrected chi connectivity index (χ3v) is 1.55. The lowest BCUT2D eigenvalue weighted by Gasteiger charge is -2.17. The average molecular weight is 204 g/mol. The van der Waals surface area contributed by atoms with E-state index in [1.807, 2.05) is 0 Å². The van der Waals surface area contributed by atoms with Gasteiger partial charge >= 0.3 is 6.09 Å². The van der Waals surface area contributed by atoms with Crippen LogP contribution >= 0.6 is 0 Å². The van der Waals surface area contributed by atoms with Crippen molar-refractivity contribution in [3.63, 3.8) is 0 Å². The zero-order valence-electron chi connectivity index (χ0n) is 9.08. The molecule has 3 N–H and O–H groups in total. The highest BCUT2D eigenvalue weighted by molar-refractivity contribution is 5.67. The van der Waals surface area contributed by atoms with Crippen LogP contribution in [-0.2, 0) is 9.47 Å². The summed E-state index contributed by atoms with van der Waals surface area (Å²) in [4.78, 5) is 11.2. The molecule has 0 rings (SSSR count). The van der Waals surface area contributed by atoms with E-state index in [0.29, 0.717) is 19.6 Å². The average Bonchev–Trinajstić information content (AvgIpc) is 2.03. The Hall–Kier alpha value is -0.810. The number of ether oxygens (including phenoxy) is 2. The van der Waals surface area contributed by atoms with E-state index in [4.69, 9.17) is 15.2 Å². The summed E-state index contributed by atoms with van der Waals surface area (Å²) in [5.74, 6) is 0. The summed E-state index contributed by atoms with van der Waals surface area (Å²) in [5.41, 5.74) is 5.39. The molecule has 1 amide bonds. The molecule has 0 saturated carbocycles. The van der Waals surface area contributed by atoms with Crippen LogP contribution in [0.5, 0.6) is 0 Å². The summed E-state index contributed by atoms with van der Waals surface area (Å²) in [6.07, 6.45) is 0.146. The summed E-state index contributed by atoms with van der Waals surface area (Å²) in [7, 11) is 1.58. The van der Waals surface area contributed by atoms with E-state index in [-0.39, 0.29) is 12.1 Å². The number of rotatable bonds is 6. The molecule has 0 saturated heterocycles. The number of nitrogens with one attached hydrogen (secondary N) is 1. The molecule has 0 aliphatic rings. The van der Waals surface area contributed by atoms with Crippen molar-refractivity contribution in [3.05, 3.63) is 0 Å². The molecule has 0 aromatic heterocycles. The fraction of sp³-hybridized carbons (Fsp3) is 0.889. The highest BCUT2D eigenvalue weighted by Crippen LogP contribution is 1.94. The zero-order valence-corrected chi connectivity index (χ0v) is 9.08. The molecule has 0 radical (unpaired) electrons. The highest BCUT2D eigenvalue weighted by atomic mass is 16.6. The van der Waals surface area contributed by atoms with Crippen molar-refractivity contribution in [1.82, 2.24) is 5.32 Å². The van der Waals surface area contributed by atoms with Crippen molar-refractivity contribution >= 4 is 6.09 Å². The number of amides is 1. The molecular weight excluding hydrogens is 184 g/mol. The largest absolute Gasteiger partial charge is 0.447 e. The van der Waals surface area contributed by atoms with Gasteiger partial charge in [0.2, 0.25) is 0 Å². The third kappa shape index (κ3) is 6.68. The lowest BCUT2D eigenvalue weighted by molar-refractivity contribution is 0.101. The van der Waals surface area contributed by atoms with Crippen LogP contribution in [0.1, 0.15) is 20.3 Å². The molecule has 5 nitrogen and oxygen atoms in total. The minimum Gasteiger partial charge on any atom is -0.447 e. The normalized spacial score (nSPS) is 12.6. The molecule has 0 fully saturated rings. The summed E-state index contributed by atoms with van der Waals surface area (Å²) < 4.78 is 9.86. The maximum Gasteiger partial charge on any atom is 0.407 e. The number of hydrogen-bond donors (Lipinski definition) is 2. The van der Waals surface area contributed by atoms with Crippen molar-refractivity contribution in [1.29, 1.82) is 0 Å². The second-order valence-corrected chi connectivity index (χ2v) is 3.33. The summed E-state index contributed by atoms with van der Waals surface area (Å²) in [6.45, 7) is 4.56. The first-order chi connectivity index (χ1) is 6.60. The molecule has 0 aromatic rings. The standard InChI is InChI=1S/C9H20N2O3/c1-7(2)14-9(12)11-8(4-5-10)6-13-3/h7-8H,4-6,10H2,1-3H3,(H,11,12). The number of nitrogens with two attached hydrogens (primary N) is 1. The van der Waals surface area contributed by atoms with Gasteiger partial charge in [-0.15, -0.1) is 0 Å². The van der Waals surface area contributed by atoms with Gasteiger partial charge in [0, 0.05) is 7.11 Å². The van der Waals surface area contributed by atoms with Crippen molar-refractivity contribution in [2.75, 3.05) is 20.3 Å². The molecule has 0 spiro atoms. The van der Waals surface area contributed by atoms with E-state index in [1.54, 1.807) is 21.0 Å². The van der Waals surface area contributed by atoms with Crippen LogP contribution in [0.4, 0.5) is 4.79 Å². The Bertz CT molecular complexity index is 156. The van der Waals surface area contributed by atoms with E-state index in [1.165, 1.54) is 0 Å². The van der Waals surface area contributed by atoms with E-state index >= 15 is 0 Å². The van der Waals surface area contributed by atoms with Gasteiger partial charge < -0.3 is 20.5 Å². The lowest BCUT2D eigenvalue weighted by atomic mass is 10.2. The first-order valence-electron chi connectivity index (χ1n) is 4.76. The maximum atomic E-state index is 11.2. The van der Waals surface area contributed by atoms with Crippen molar-refractivity contribution in [3.8, 4) is 0 Å². The Kier molecular flexibility index (Phi) is 7.14. The van der Waals surface area contributed by atoms with Gasteiger partial charge in [-0.2, -0.15) is 0 Å². The third-order valence-electron chi connectivity index (χ3n) is 1.55. The Morgan fingerprint density at radius 1 is 1.50 bits per heavy atom. The minimum atomic E-state index is -0.421. The predicted octanol–water partition coefficient (Wildman–Crippen LogP) is 0.485. The molecule has 0 aliphatic carbocycles. The van der Waals surface area contributed by atoms with Crippen molar-refractivity contribution in [2.45, 2.75) is 32.4 Å². The highest BCUT2D eigenvalue weighted by Gasteiger charge is 2.12. The van der Waals surface area contributed by atoms with Crippen LogP contribution in [0.25, 0.3) is 0 Å². The van der Waals surface area contributed by atoms with E-state index in [2.05, 4.69) is 5.32 Å². The van der Waals surface area contributed by atoms with Gasteiger partial charge in [0.25, 0.3) is 0 Å². The van der Waals surface area contributed by atoms with Gasteiger partial charge in [-0.25, -0.2) is 4.79 Å². The fourth-order valence-electron chi connectivity index (χ4n) is 1.01. The molecule has 1 atom stereocenters. The first-order valence-corrected chi connectivity index (χ1v) is 4.76. The number of carbonyl (C=O) groups excluding carboxylic acids is 1. The van der Waals surface area contributed by atoms with Gasteiger partial charge in [0.05, 0.1) is 18.8 Å². The van der Waals surface area contributed by atoms with Crippen LogP contribution in [0.3, 0.4) is 0 Å². The van der Waals surface area contributed by atoms with Gasteiger partial charge in [-0.3, -0.25) is 0 Å². The Morgan fingerprint density at radius 3 is 2.57 bits per heavy atom. The molecule has 0 aliphatic heterocycles. The van der Waals surface area contributed by atoms with Gasteiger partial charge in [-0.05, 0) is 26.8 Å². The van der Waals surface area contributed by atoms with Crippen LogP contribution in [-0.4, -0.2) is 38.5 Å². The van der Waals surface area contributed by atoms with Crippen LogP contribution in [0.2, 0.25) is 0 Å². The molecule has 84 valence electrons. The molecule has 1 unspecified atom stereocenters. The number of hydrogen-bond acceptors (Lipinski definition) is 4. The van der Waals surface area contributed by atoms with Gasteiger partial charge in [0.1, 0.15) is 0 Å². The molecule has 0 heterocycles. The molecule has 14 heavy (non-hydrogen) atoms. The van der Waals surface area contributed by atoms with Gasteiger partial charge in [0.15, 0.2) is 0 Å². The number of alkyl carbamates (subject to hydrolysis) is 1. The van der Waals surface area contributed by atoms with Crippen LogP contribution in [0.15, 0.2) is 0 Å². The monoisotopic (exact) mass is 204 g/mol. The van der Waals surface area contributed by atoms with Gasteiger partial charge in [-0.1, -0.05) is 0 Å². The first kappa shape index (κ1) is 13.2. The molecular formula is C9H20N2O3. The topological polar surface area (TPSA) is 73.6 Å². The summed E-state index contributed by atoms with van der Waals surface area (Å²) in [6, 6.07) is -0.0729. The smallest absolute Gasteiger partial charge is 0.407 e. The number of methoxy groups -OCH3 is 1. The fourth-order valence-corrected chi connectivity index (χ4v) is 1.01. The van der Waals surface area contributed by atoms with E-state index in [0.717, 1.165) is 0 Å². The Balaban J connectivity index is 3.82. The maximum absolute atomic E-state index is 11.2. The zero-order chi connectivity index (χ0) is 11.0. The van der Waals surface area contributed by atoms with E-state index < -0.39 is 6.09 Å². The number of carbonyl (C=O) groups is 1. The second kappa shape index (κ2) is 7.58. The van der Waals surface area contributed by atoms with Crippen molar-refractivity contribution < 1.29 is 14.3 Å². The Morgan fingerprint density at radius 2 is 2.14 bits per heavy atom. The van der Waals surface area contributed by atoms with E-state index in [9.17, 15) is 4.79 Å². The Labute approximate surface area is 84.9 Å². The quantitative estimate of drug-likeness (QED) is 0.660. The van der Waals surface area contributed by atoms with Crippen LogP contribution < -0.4 is 11.1 Å². The molecule has 0 aromatic carbocycles. The molecule has 5 heteroatoms. The summed E-state index contributed by atoms with van der Waals surface area (Å²) >= 11 is 0. The lowest BCUT2D eigenvalue weighted by Crippen LogP contribution is -2.40. The minimum absolute atomic E-state index is 0.0729. The summed E-state index contributed by atoms with van der Waals surface area (Å²) in [5, 5.41) is 2.68. The second-order valence-electron chi connectivity index (χ2n) is 3.33. The van der Waals surface area contributed by atoms with Crippen LogP contribution in [0, 0.1) is 0 Å². The molecule has 0 bridgehead atoms. The SMILES string of the molecule is COCC(CCN)NC(=O)OC(C)C. The predicted molar refractivity (Wildman–Crippen MR) is 54.1 cm³/mol.